The Morgan fingerprint density at radius 2 is 1.42 bits per heavy atom. The van der Waals surface area contributed by atoms with Gasteiger partial charge in [0.25, 0.3) is 0 Å². The van der Waals surface area contributed by atoms with Crippen molar-refractivity contribution in [1.82, 2.24) is 10.2 Å². The summed E-state index contributed by atoms with van der Waals surface area (Å²) in [5, 5.41) is 12.3. The molecule has 0 amide bonds. The Bertz CT molecular complexity index is 837. The Balaban J connectivity index is 1.84. The second-order valence-electron chi connectivity index (χ2n) is 6.33. The largest absolute Gasteiger partial charge is 0.355 e. The monoisotopic (exact) mass is 337 g/mol. The van der Waals surface area contributed by atoms with Crippen LogP contribution in [0.15, 0.2) is 48.5 Å². The van der Waals surface area contributed by atoms with E-state index in [0.717, 1.165) is 40.6 Å². The summed E-state index contributed by atoms with van der Waals surface area (Å²) in [6, 6.07) is 16.2. The lowest BCUT2D eigenvalue weighted by Crippen LogP contribution is -2.25. The molecule has 0 saturated carbocycles. The van der Waals surface area contributed by atoms with Crippen LogP contribution in [0, 0.1) is 0 Å². The normalized spacial score (nSPS) is 15.5. The smallest absolute Gasteiger partial charge is 0.159 e. The predicted octanol–water partition coefficient (Wildman–Crippen LogP) is 5.33. The molecule has 0 spiro atoms. The molecule has 4 rings (SSSR count). The molecule has 0 radical (unpaired) electrons. The summed E-state index contributed by atoms with van der Waals surface area (Å²) in [5.74, 6) is 1.02. The van der Waals surface area contributed by atoms with E-state index in [1.165, 1.54) is 31.1 Å². The third-order valence-corrected chi connectivity index (χ3v) is 4.94. The van der Waals surface area contributed by atoms with Crippen molar-refractivity contribution < 1.29 is 0 Å². The number of hydrogen-bond donors (Lipinski definition) is 0. The van der Waals surface area contributed by atoms with E-state index in [4.69, 9.17) is 11.6 Å². The molecule has 3 nitrogen and oxygen atoms in total. The molecule has 2 aromatic carbocycles. The molecule has 1 fully saturated rings. The van der Waals surface area contributed by atoms with Gasteiger partial charge in [0.05, 0.1) is 0 Å². The fraction of sp³-hybridized carbons (Fsp3) is 0.300. The Morgan fingerprint density at radius 1 is 0.750 bits per heavy atom. The Kier molecular flexibility index (Phi) is 4.35. The highest BCUT2D eigenvalue weighted by atomic mass is 35.5. The Labute approximate surface area is 147 Å². The van der Waals surface area contributed by atoms with Gasteiger partial charge in [0, 0.05) is 34.4 Å². The SMILES string of the molecule is Clc1ccc(-c2nnc(N3CCCCCC3)c3ccccc23)cc1. The number of fused-ring (bicyclic) bond motifs is 1. The maximum Gasteiger partial charge on any atom is 0.159 e. The number of hydrogen-bond acceptors (Lipinski definition) is 3. The van der Waals surface area contributed by atoms with Crippen molar-refractivity contribution in [3.8, 4) is 11.3 Å². The summed E-state index contributed by atoms with van der Waals surface area (Å²) in [6.45, 7) is 2.14. The third kappa shape index (κ3) is 2.96. The molecule has 0 bridgehead atoms. The van der Waals surface area contributed by atoms with Gasteiger partial charge < -0.3 is 4.90 Å². The molecule has 1 saturated heterocycles. The van der Waals surface area contributed by atoms with Gasteiger partial charge >= 0.3 is 0 Å². The topological polar surface area (TPSA) is 29.0 Å². The highest BCUT2D eigenvalue weighted by Gasteiger charge is 2.17. The number of aromatic nitrogens is 2. The fourth-order valence-corrected chi connectivity index (χ4v) is 3.55. The average molecular weight is 338 g/mol. The predicted molar refractivity (Wildman–Crippen MR) is 101 cm³/mol. The van der Waals surface area contributed by atoms with Gasteiger partial charge in [-0.15, -0.1) is 10.2 Å². The average Bonchev–Trinajstić information content (AvgIpc) is 2.91. The van der Waals surface area contributed by atoms with Crippen LogP contribution in [0.1, 0.15) is 25.7 Å². The fourth-order valence-electron chi connectivity index (χ4n) is 3.43. The van der Waals surface area contributed by atoms with Crippen LogP contribution in [-0.4, -0.2) is 23.3 Å². The first-order valence-corrected chi connectivity index (χ1v) is 8.97. The highest BCUT2D eigenvalue weighted by Crippen LogP contribution is 2.32. The lowest BCUT2D eigenvalue weighted by molar-refractivity contribution is 0.726. The Morgan fingerprint density at radius 3 is 2.12 bits per heavy atom. The molecular formula is C20H20ClN3. The first kappa shape index (κ1) is 15.4. The highest BCUT2D eigenvalue weighted by molar-refractivity contribution is 6.30. The molecule has 1 aliphatic rings. The molecule has 2 heterocycles. The van der Waals surface area contributed by atoms with E-state index >= 15 is 0 Å². The molecule has 4 heteroatoms. The van der Waals surface area contributed by atoms with Gasteiger partial charge in [0.2, 0.25) is 0 Å². The minimum Gasteiger partial charge on any atom is -0.355 e. The van der Waals surface area contributed by atoms with Gasteiger partial charge in [0.15, 0.2) is 5.82 Å². The van der Waals surface area contributed by atoms with Gasteiger partial charge in [-0.2, -0.15) is 0 Å². The summed E-state index contributed by atoms with van der Waals surface area (Å²) in [5.41, 5.74) is 1.96. The van der Waals surface area contributed by atoms with E-state index in [-0.39, 0.29) is 0 Å². The number of rotatable bonds is 2. The van der Waals surface area contributed by atoms with Crippen molar-refractivity contribution in [2.24, 2.45) is 0 Å². The second-order valence-corrected chi connectivity index (χ2v) is 6.76. The minimum atomic E-state index is 0.734. The lowest BCUT2D eigenvalue weighted by Gasteiger charge is -2.23. The van der Waals surface area contributed by atoms with Crippen LogP contribution in [0.4, 0.5) is 5.82 Å². The van der Waals surface area contributed by atoms with Crippen molar-refractivity contribution in [2.45, 2.75) is 25.7 Å². The van der Waals surface area contributed by atoms with Crippen molar-refractivity contribution in [2.75, 3.05) is 18.0 Å². The molecule has 0 unspecified atom stereocenters. The van der Waals surface area contributed by atoms with Gasteiger partial charge in [-0.3, -0.25) is 0 Å². The lowest BCUT2D eigenvalue weighted by atomic mass is 10.0. The molecule has 24 heavy (non-hydrogen) atoms. The van der Waals surface area contributed by atoms with Crippen LogP contribution in [0.25, 0.3) is 22.0 Å². The second kappa shape index (κ2) is 6.78. The van der Waals surface area contributed by atoms with Crippen LogP contribution in [0.2, 0.25) is 5.02 Å². The summed E-state index contributed by atoms with van der Waals surface area (Å²) in [4.78, 5) is 2.40. The maximum absolute atomic E-state index is 6.02. The van der Waals surface area contributed by atoms with E-state index < -0.39 is 0 Å². The van der Waals surface area contributed by atoms with E-state index in [1.807, 2.05) is 24.3 Å². The van der Waals surface area contributed by atoms with E-state index in [2.05, 4.69) is 39.4 Å². The van der Waals surface area contributed by atoms with Gasteiger partial charge in [-0.1, -0.05) is 60.8 Å². The maximum atomic E-state index is 6.02. The molecule has 1 aliphatic heterocycles. The van der Waals surface area contributed by atoms with Crippen molar-refractivity contribution in [3.05, 3.63) is 53.6 Å². The van der Waals surface area contributed by atoms with Gasteiger partial charge in [0.1, 0.15) is 5.69 Å². The van der Waals surface area contributed by atoms with E-state index in [9.17, 15) is 0 Å². The zero-order chi connectivity index (χ0) is 16.4. The Hall–Kier alpha value is -2.13. The molecule has 1 aromatic heterocycles. The van der Waals surface area contributed by atoms with Crippen LogP contribution in [-0.2, 0) is 0 Å². The number of anilines is 1. The van der Waals surface area contributed by atoms with E-state index in [1.54, 1.807) is 0 Å². The van der Waals surface area contributed by atoms with Crippen LogP contribution < -0.4 is 4.90 Å². The number of benzene rings is 2. The summed E-state index contributed by atoms with van der Waals surface area (Å²) >= 11 is 6.02. The standard InChI is InChI=1S/C20H20ClN3/c21-16-11-9-15(10-12-16)19-17-7-3-4-8-18(17)20(23-22-19)24-13-5-1-2-6-14-24/h3-4,7-12H,1-2,5-6,13-14H2. The third-order valence-electron chi connectivity index (χ3n) is 4.69. The van der Waals surface area contributed by atoms with Crippen LogP contribution in [0.5, 0.6) is 0 Å². The molecule has 0 aliphatic carbocycles. The zero-order valence-electron chi connectivity index (χ0n) is 13.6. The van der Waals surface area contributed by atoms with Crippen molar-refractivity contribution in [1.29, 1.82) is 0 Å². The van der Waals surface area contributed by atoms with Crippen molar-refractivity contribution >= 4 is 28.2 Å². The van der Waals surface area contributed by atoms with Gasteiger partial charge in [-0.25, -0.2) is 0 Å². The van der Waals surface area contributed by atoms with Crippen molar-refractivity contribution in [3.63, 3.8) is 0 Å². The summed E-state index contributed by atoms with van der Waals surface area (Å²) < 4.78 is 0. The van der Waals surface area contributed by atoms with E-state index in [0.29, 0.717) is 0 Å². The molecule has 3 aromatic rings. The quantitative estimate of drug-likeness (QED) is 0.632. The minimum absolute atomic E-state index is 0.734. The van der Waals surface area contributed by atoms with Crippen LogP contribution >= 0.6 is 11.6 Å². The summed E-state index contributed by atoms with van der Waals surface area (Å²) in [7, 11) is 0. The zero-order valence-corrected chi connectivity index (χ0v) is 14.3. The van der Waals surface area contributed by atoms with Gasteiger partial charge in [-0.05, 0) is 25.0 Å². The molecule has 0 N–H and O–H groups in total. The number of nitrogens with zero attached hydrogens (tertiary/aromatic N) is 3. The molecule has 0 atom stereocenters. The summed E-state index contributed by atoms with van der Waals surface area (Å²) in [6.07, 6.45) is 5.08. The number of halogens is 1. The first-order chi connectivity index (χ1) is 11.8. The van der Waals surface area contributed by atoms with Crippen LogP contribution in [0.3, 0.4) is 0 Å². The first-order valence-electron chi connectivity index (χ1n) is 8.59. The molecule has 122 valence electrons. The molecular weight excluding hydrogens is 318 g/mol.